The Hall–Kier alpha value is -1.04. The van der Waals surface area contributed by atoms with Crippen LogP contribution in [0.4, 0.5) is 0 Å². The maximum absolute atomic E-state index is 2.24. The molecule has 0 aliphatic carbocycles. The summed E-state index contributed by atoms with van der Waals surface area (Å²) in [6.45, 7) is 8.51. The van der Waals surface area contributed by atoms with E-state index in [1.54, 1.807) is 0 Å². The molecular formula is C12H16. The molecule has 0 nitrogen and oxygen atoms in total. The van der Waals surface area contributed by atoms with Crippen molar-refractivity contribution >= 4 is 6.08 Å². The van der Waals surface area contributed by atoms with Crippen molar-refractivity contribution in [3.8, 4) is 0 Å². The third kappa shape index (κ3) is 1.76. The Kier molecular flexibility index (Phi) is 2.69. The Morgan fingerprint density at radius 1 is 0.917 bits per heavy atom. The zero-order chi connectivity index (χ0) is 9.14. The van der Waals surface area contributed by atoms with E-state index in [1.807, 2.05) is 0 Å². The van der Waals surface area contributed by atoms with E-state index in [0.717, 1.165) is 0 Å². The minimum Gasteiger partial charge on any atom is -0.0871 e. The van der Waals surface area contributed by atoms with Gasteiger partial charge in [-0.15, -0.1) is 0 Å². The van der Waals surface area contributed by atoms with Crippen molar-refractivity contribution in [3.05, 3.63) is 40.5 Å². The Labute approximate surface area is 74.9 Å². The standard InChI is InChI=1S/C12H16/c1-5-6-12-8-10(3)9(2)7-11(12)4/h5-8H,1-4H3/b6-5+. The summed E-state index contributed by atoms with van der Waals surface area (Å²) in [4.78, 5) is 0. The van der Waals surface area contributed by atoms with Gasteiger partial charge < -0.3 is 0 Å². The summed E-state index contributed by atoms with van der Waals surface area (Å²) in [7, 11) is 0. The van der Waals surface area contributed by atoms with E-state index in [2.05, 4.69) is 52.0 Å². The summed E-state index contributed by atoms with van der Waals surface area (Å²) in [5.74, 6) is 0. The first-order chi connectivity index (χ1) is 5.65. The highest BCUT2D eigenvalue weighted by Gasteiger charge is 1.97. The second kappa shape index (κ2) is 3.57. The summed E-state index contributed by atoms with van der Waals surface area (Å²) in [5.41, 5.74) is 5.44. The van der Waals surface area contributed by atoms with Crippen LogP contribution in [0.1, 0.15) is 29.2 Å². The Morgan fingerprint density at radius 2 is 1.50 bits per heavy atom. The lowest BCUT2D eigenvalue weighted by Gasteiger charge is -2.05. The topological polar surface area (TPSA) is 0 Å². The Bertz CT molecular complexity index is 306. The monoisotopic (exact) mass is 160 g/mol. The van der Waals surface area contributed by atoms with Crippen molar-refractivity contribution in [1.29, 1.82) is 0 Å². The summed E-state index contributed by atoms with van der Waals surface area (Å²) >= 11 is 0. The summed E-state index contributed by atoms with van der Waals surface area (Å²) in [6.07, 6.45) is 4.23. The van der Waals surface area contributed by atoms with Crippen LogP contribution < -0.4 is 0 Å². The van der Waals surface area contributed by atoms with E-state index in [-0.39, 0.29) is 0 Å². The summed E-state index contributed by atoms with van der Waals surface area (Å²) < 4.78 is 0. The summed E-state index contributed by atoms with van der Waals surface area (Å²) in [5, 5.41) is 0. The van der Waals surface area contributed by atoms with Crippen LogP contribution in [0.2, 0.25) is 0 Å². The van der Waals surface area contributed by atoms with Crippen LogP contribution in [0.3, 0.4) is 0 Å². The summed E-state index contributed by atoms with van der Waals surface area (Å²) in [6, 6.07) is 4.48. The van der Waals surface area contributed by atoms with Crippen molar-refractivity contribution < 1.29 is 0 Å². The molecule has 0 fully saturated rings. The lowest BCUT2D eigenvalue weighted by molar-refractivity contribution is 1.29. The largest absolute Gasteiger partial charge is 0.0871 e. The zero-order valence-corrected chi connectivity index (χ0v) is 8.31. The van der Waals surface area contributed by atoms with Crippen molar-refractivity contribution in [1.82, 2.24) is 0 Å². The SMILES string of the molecule is C/C=C/c1cc(C)c(C)cc1C. The predicted molar refractivity (Wildman–Crippen MR) is 55.4 cm³/mol. The van der Waals surface area contributed by atoms with E-state index >= 15 is 0 Å². The highest BCUT2D eigenvalue weighted by Crippen LogP contribution is 2.16. The van der Waals surface area contributed by atoms with Gasteiger partial charge >= 0.3 is 0 Å². The van der Waals surface area contributed by atoms with Crippen LogP contribution in [0.5, 0.6) is 0 Å². The van der Waals surface area contributed by atoms with Gasteiger partial charge in [0.15, 0.2) is 0 Å². The average Bonchev–Trinajstić information content (AvgIpc) is 2.01. The Morgan fingerprint density at radius 3 is 2.08 bits per heavy atom. The number of hydrogen-bond acceptors (Lipinski definition) is 0. The molecule has 1 aromatic rings. The number of hydrogen-bond donors (Lipinski definition) is 0. The van der Waals surface area contributed by atoms with Gasteiger partial charge in [-0.1, -0.05) is 24.3 Å². The maximum atomic E-state index is 2.24. The molecule has 1 aromatic carbocycles. The van der Waals surface area contributed by atoms with E-state index in [4.69, 9.17) is 0 Å². The van der Waals surface area contributed by atoms with Crippen molar-refractivity contribution in [2.45, 2.75) is 27.7 Å². The highest BCUT2D eigenvalue weighted by atomic mass is 14.0. The molecule has 1 rings (SSSR count). The smallest absolute Gasteiger partial charge is 0.0228 e. The molecule has 0 heterocycles. The first kappa shape index (κ1) is 9.05. The predicted octanol–water partition coefficient (Wildman–Crippen LogP) is 3.64. The fraction of sp³-hybridized carbons (Fsp3) is 0.333. The lowest BCUT2D eigenvalue weighted by Crippen LogP contribution is -1.86. The van der Waals surface area contributed by atoms with Gasteiger partial charge in [-0.05, 0) is 49.9 Å². The molecule has 0 bridgehead atoms. The molecule has 0 aromatic heterocycles. The molecule has 0 atom stereocenters. The number of allylic oxidation sites excluding steroid dienone is 1. The van der Waals surface area contributed by atoms with Crippen LogP contribution in [-0.2, 0) is 0 Å². The van der Waals surface area contributed by atoms with Gasteiger partial charge in [0.1, 0.15) is 0 Å². The third-order valence-electron chi connectivity index (χ3n) is 2.23. The molecule has 0 aliphatic rings. The van der Waals surface area contributed by atoms with Gasteiger partial charge in [-0.3, -0.25) is 0 Å². The van der Waals surface area contributed by atoms with Crippen molar-refractivity contribution in [2.75, 3.05) is 0 Å². The molecule has 0 saturated heterocycles. The van der Waals surface area contributed by atoms with Crippen molar-refractivity contribution in [3.63, 3.8) is 0 Å². The second-order valence-electron chi connectivity index (χ2n) is 3.29. The van der Waals surface area contributed by atoms with Gasteiger partial charge in [0.2, 0.25) is 0 Å². The van der Waals surface area contributed by atoms with Crippen LogP contribution in [0.15, 0.2) is 18.2 Å². The van der Waals surface area contributed by atoms with E-state index in [1.165, 1.54) is 22.3 Å². The fourth-order valence-corrected chi connectivity index (χ4v) is 1.34. The lowest BCUT2D eigenvalue weighted by atomic mass is 10.0. The van der Waals surface area contributed by atoms with Gasteiger partial charge in [0.05, 0.1) is 0 Å². The number of rotatable bonds is 1. The van der Waals surface area contributed by atoms with Gasteiger partial charge in [0, 0.05) is 0 Å². The normalized spacial score (nSPS) is 11.0. The first-order valence-electron chi connectivity index (χ1n) is 4.35. The molecular weight excluding hydrogens is 144 g/mol. The molecule has 0 radical (unpaired) electrons. The van der Waals surface area contributed by atoms with Crippen LogP contribution in [0.25, 0.3) is 6.08 Å². The Balaban J connectivity index is 3.23. The first-order valence-corrected chi connectivity index (χ1v) is 4.35. The van der Waals surface area contributed by atoms with Gasteiger partial charge in [-0.2, -0.15) is 0 Å². The minimum absolute atomic E-state index is 1.33. The van der Waals surface area contributed by atoms with E-state index < -0.39 is 0 Å². The van der Waals surface area contributed by atoms with Crippen LogP contribution in [-0.4, -0.2) is 0 Å². The fourth-order valence-electron chi connectivity index (χ4n) is 1.34. The third-order valence-corrected chi connectivity index (χ3v) is 2.23. The minimum atomic E-state index is 1.33. The maximum Gasteiger partial charge on any atom is -0.0228 e. The molecule has 0 heteroatoms. The van der Waals surface area contributed by atoms with Crippen molar-refractivity contribution in [2.24, 2.45) is 0 Å². The van der Waals surface area contributed by atoms with Gasteiger partial charge in [-0.25, -0.2) is 0 Å². The molecule has 0 unspecified atom stereocenters. The molecule has 64 valence electrons. The highest BCUT2D eigenvalue weighted by molar-refractivity contribution is 5.55. The van der Waals surface area contributed by atoms with E-state index in [9.17, 15) is 0 Å². The molecule has 12 heavy (non-hydrogen) atoms. The number of aryl methyl sites for hydroxylation is 3. The zero-order valence-electron chi connectivity index (χ0n) is 8.31. The van der Waals surface area contributed by atoms with Crippen LogP contribution >= 0.6 is 0 Å². The van der Waals surface area contributed by atoms with E-state index in [0.29, 0.717) is 0 Å². The average molecular weight is 160 g/mol. The second-order valence-corrected chi connectivity index (χ2v) is 3.29. The molecule has 0 amide bonds. The molecule has 0 spiro atoms. The van der Waals surface area contributed by atoms with Gasteiger partial charge in [0.25, 0.3) is 0 Å². The number of benzene rings is 1. The quantitative estimate of drug-likeness (QED) is 0.588. The molecule has 0 aliphatic heterocycles. The van der Waals surface area contributed by atoms with Crippen LogP contribution in [0, 0.1) is 20.8 Å². The molecule has 0 N–H and O–H groups in total. The molecule has 0 saturated carbocycles.